The van der Waals surface area contributed by atoms with Gasteiger partial charge in [-0.25, -0.2) is 8.78 Å². The lowest BCUT2D eigenvalue weighted by molar-refractivity contribution is -0.349. The zero-order chi connectivity index (χ0) is 47.1. The van der Waals surface area contributed by atoms with Gasteiger partial charge in [-0.3, -0.25) is 9.59 Å². The number of nitrogens with one attached hydrogen (secondary N) is 1. The average Bonchev–Trinajstić information content (AvgIpc) is 3.14. The monoisotopic (exact) mass is 926 g/mol. The molecule has 1 amide bonds. The molecule has 0 aromatic heterocycles. The third kappa shape index (κ3) is 11.8. The van der Waals surface area contributed by atoms with Crippen LogP contribution < -0.4 is 16.8 Å². The zero-order valence-corrected chi connectivity index (χ0v) is 33.3. The van der Waals surface area contributed by atoms with Crippen LogP contribution in [0.25, 0.3) is 0 Å². The minimum absolute atomic E-state index is 0.00961. The number of carbonyl (C=O) groups excluding carboxylic acids is 2. The predicted octanol–water partition coefficient (Wildman–Crippen LogP) is 12.2. The van der Waals surface area contributed by atoms with Crippen molar-refractivity contribution >= 4 is 57.0 Å². The fourth-order valence-electron chi connectivity index (χ4n) is 5.45. The molecule has 4 aromatic rings. The molecule has 5 N–H and O–H groups in total. The number of nitrogens with zero attached hydrogens (tertiary/aromatic N) is 1. The molecule has 7 nitrogen and oxygen atoms in total. The Kier molecular flexibility index (Phi) is 16.7. The Morgan fingerprint density at radius 1 is 0.639 bits per heavy atom. The predicted molar refractivity (Wildman–Crippen MR) is 201 cm³/mol. The molecule has 0 saturated heterocycles. The van der Waals surface area contributed by atoms with E-state index in [-0.39, 0.29) is 69.2 Å². The van der Waals surface area contributed by atoms with Gasteiger partial charge in [0.25, 0.3) is 11.1 Å². The summed E-state index contributed by atoms with van der Waals surface area (Å²) >= 11 is 5.31. The number of aryl methyl sites for hydroxylation is 4. The van der Waals surface area contributed by atoms with Gasteiger partial charge in [-0.15, -0.1) is 0 Å². The van der Waals surface area contributed by atoms with Crippen molar-refractivity contribution in [3.63, 3.8) is 0 Å². The van der Waals surface area contributed by atoms with Gasteiger partial charge in [0.05, 0.1) is 5.69 Å². The maximum atomic E-state index is 14.4. The maximum absolute atomic E-state index is 14.4. The number of benzene rings is 4. The summed E-state index contributed by atoms with van der Waals surface area (Å²) in [6.45, 7) is 5.36. The summed E-state index contributed by atoms with van der Waals surface area (Å²) in [6.07, 6.45) is -24.6. The minimum atomic E-state index is -6.21. The summed E-state index contributed by atoms with van der Waals surface area (Å²) in [4.78, 5) is 23.0. The van der Waals surface area contributed by atoms with E-state index < -0.39 is 58.3 Å². The Morgan fingerprint density at radius 2 is 1.08 bits per heavy atom. The zero-order valence-electron chi connectivity index (χ0n) is 31.7. The molecule has 0 bridgehead atoms. The van der Waals surface area contributed by atoms with Crippen LogP contribution in [0.2, 0.25) is 0 Å². The first-order chi connectivity index (χ1) is 27.8. The van der Waals surface area contributed by atoms with Crippen molar-refractivity contribution in [3.05, 3.63) is 117 Å². The number of nitrogens with two attached hydrogens (primary N) is 2. The van der Waals surface area contributed by atoms with Crippen LogP contribution >= 0.6 is 11.6 Å². The molecular weight excluding hydrogens is 894 g/mol. The third-order valence-electron chi connectivity index (χ3n) is 8.61. The molecule has 4 rings (SSSR count). The fourth-order valence-corrected chi connectivity index (χ4v) is 5.77. The quantitative estimate of drug-likeness (QED) is 0.0921. The summed E-state index contributed by atoms with van der Waals surface area (Å²) in [5, 5.41) is 1.90. The number of rotatable bonds is 8. The van der Waals surface area contributed by atoms with Crippen LogP contribution in [0.3, 0.4) is 0 Å². The molecule has 0 saturated carbocycles. The van der Waals surface area contributed by atoms with Crippen LogP contribution in [-0.4, -0.2) is 40.1 Å². The average molecular weight is 927 g/mol. The largest absolute Gasteiger partial charge is 0.435 e. The Hall–Kier alpha value is -5.25. The first kappa shape index (κ1) is 51.9. The lowest BCUT2D eigenvalue weighted by atomic mass is 9.89. The lowest BCUT2D eigenvalue weighted by Gasteiger charge is -2.31. The third-order valence-corrected chi connectivity index (χ3v) is 9.12. The van der Waals surface area contributed by atoms with Gasteiger partial charge in [-0.2, -0.15) is 61.3 Å². The van der Waals surface area contributed by atoms with Crippen LogP contribution in [0.4, 0.5) is 84.2 Å². The second kappa shape index (κ2) is 19.6. The summed E-state index contributed by atoms with van der Waals surface area (Å²) in [5.41, 5.74) is -1.84. The van der Waals surface area contributed by atoms with Crippen molar-refractivity contribution in [2.24, 2.45) is 4.36 Å². The van der Waals surface area contributed by atoms with Gasteiger partial charge in [0.1, 0.15) is 0 Å². The summed E-state index contributed by atoms with van der Waals surface area (Å²) in [5.74, 6) is -0.666. The smallest absolute Gasteiger partial charge is 0.399 e. The molecule has 61 heavy (non-hydrogen) atoms. The van der Waals surface area contributed by atoms with Crippen molar-refractivity contribution in [2.75, 3.05) is 16.8 Å². The van der Waals surface area contributed by atoms with Crippen molar-refractivity contribution in [1.82, 2.24) is 0 Å². The molecule has 0 heterocycles. The highest BCUT2D eigenvalue weighted by molar-refractivity contribution is 7.54. The Bertz CT molecular complexity index is 2230. The van der Waals surface area contributed by atoms with Crippen LogP contribution in [0, 0.1) is 13.8 Å². The molecule has 0 unspecified atom stereocenters. The SMILES string of the molecule is CCc1cc(C(F)(C(F)(F)F)C(F)(F)F)cc(C)c1N.CCc1cc(C(F)(C(F)(F)F)C(F)(F)F)cc(C)c1NC(=O)c1cccc(N)c1.O=S=Nc1cccc(C(=O)Cl)c1. The molecule has 0 aliphatic heterocycles. The van der Waals surface area contributed by atoms with E-state index in [1.54, 1.807) is 18.2 Å². The second-order valence-electron chi connectivity index (χ2n) is 12.8. The number of nitrogen functional groups attached to an aromatic ring is 2. The Balaban J connectivity index is 0.000000345. The van der Waals surface area contributed by atoms with E-state index in [0.29, 0.717) is 35.5 Å². The number of carbonyl (C=O) groups is 2. The number of hydrogen-bond donors (Lipinski definition) is 3. The van der Waals surface area contributed by atoms with Crippen LogP contribution in [-0.2, 0) is 35.6 Å². The van der Waals surface area contributed by atoms with E-state index >= 15 is 0 Å². The van der Waals surface area contributed by atoms with Gasteiger partial charge < -0.3 is 16.8 Å². The lowest BCUT2D eigenvalue weighted by Crippen LogP contribution is -2.50. The van der Waals surface area contributed by atoms with Gasteiger partial charge in [0.15, 0.2) is 0 Å². The van der Waals surface area contributed by atoms with E-state index in [0.717, 1.165) is 0 Å². The molecule has 0 aliphatic carbocycles. The van der Waals surface area contributed by atoms with E-state index in [4.69, 9.17) is 23.1 Å². The van der Waals surface area contributed by atoms with Crippen LogP contribution in [0.1, 0.15) is 67.9 Å². The summed E-state index contributed by atoms with van der Waals surface area (Å²) < 4.78 is 196. The highest BCUT2D eigenvalue weighted by Gasteiger charge is 2.74. The Labute approximate surface area is 346 Å². The van der Waals surface area contributed by atoms with Gasteiger partial charge in [0, 0.05) is 39.3 Å². The number of amides is 1. The van der Waals surface area contributed by atoms with Gasteiger partial charge in [0.2, 0.25) is 11.5 Å². The molecule has 23 heteroatoms. The van der Waals surface area contributed by atoms with E-state index in [2.05, 4.69) is 9.68 Å². The number of anilines is 3. The summed E-state index contributed by atoms with van der Waals surface area (Å²) in [6, 6.07) is 14.0. The molecule has 0 fully saturated rings. The van der Waals surface area contributed by atoms with Crippen LogP contribution in [0.5, 0.6) is 0 Å². The van der Waals surface area contributed by atoms with E-state index in [1.807, 2.05) is 0 Å². The van der Waals surface area contributed by atoms with Crippen molar-refractivity contribution < 1.29 is 75.3 Å². The first-order valence-electron chi connectivity index (χ1n) is 17.0. The highest BCUT2D eigenvalue weighted by atomic mass is 35.5. The van der Waals surface area contributed by atoms with Crippen molar-refractivity contribution in [3.8, 4) is 0 Å². The molecule has 334 valence electrons. The number of alkyl halides is 14. The molecular formula is C38H33ClF14N4O3S. The normalized spacial score (nSPS) is 12.3. The van der Waals surface area contributed by atoms with Gasteiger partial charge in [-0.1, -0.05) is 38.1 Å². The molecule has 0 aliphatic rings. The van der Waals surface area contributed by atoms with Crippen LogP contribution in [0.15, 0.2) is 77.2 Å². The first-order valence-corrected chi connectivity index (χ1v) is 18.0. The topological polar surface area (TPSA) is 128 Å². The van der Waals surface area contributed by atoms with E-state index in [9.17, 15) is 75.3 Å². The van der Waals surface area contributed by atoms with Crippen molar-refractivity contribution in [1.29, 1.82) is 0 Å². The second-order valence-corrected chi connectivity index (χ2v) is 13.5. The van der Waals surface area contributed by atoms with E-state index in [1.165, 1.54) is 58.0 Å². The summed E-state index contributed by atoms with van der Waals surface area (Å²) in [7, 11) is 0. The number of hydrogen-bond acceptors (Lipinski definition) is 6. The molecule has 0 spiro atoms. The molecule has 4 aromatic carbocycles. The standard InChI is InChI=1S/C19H17F7N2O.C12H12F7N.C7H4ClNO2S/c1-3-11-8-13(17(20,18(21,22)23)19(24,25)26)7-10(2)15(11)28-16(29)12-5-4-6-14(27)9-12;1-3-7-5-8(4-6(2)9(7)20)10(13,11(14,15)16)12(17,18)19;8-7(10)5-2-1-3-6(4-5)9-12-11/h4-9H,3,27H2,1-2H3,(H,28,29);4-5H,3,20H2,1-2H3;1-4H. The van der Waals surface area contributed by atoms with Gasteiger partial charge in [-0.05, 0) is 109 Å². The Morgan fingerprint density at radius 3 is 1.51 bits per heavy atom. The highest BCUT2D eigenvalue weighted by Crippen LogP contribution is 2.55. The molecule has 0 atom stereocenters. The van der Waals surface area contributed by atoms with Gasteiger partial charge >= 0.3 is 36.0 Å². The maximum Gasteiger partial charge on any atom is 0.435 e. The van der Waals surface area contributed by atoms with Crippen molar-refractivity contribution in [2.45, 2.75) is 76.6 Å². The minimum Gasteiger partial charge on any atom is -0.399 e. The fraction of sp³-hybridized carbons (Fsp3) is 0.316. The number of halogens is 15. The molecule has 0 radical (unpaired) electrons.